The SMILES string of the molecule is Cc1ccc(C)c(CC(=O)c2ccnc(CN)c2)c1. The maximum atomic E-state index is 12.3. The van der Waals surface area contributed by atoms with E-state index in [2.05, 4.69) is 23.2 Å². The van der Waals surface area contributed by atoms with E-state index in [4.69, 9.17) is 5.73 Å². The van der Waals surface area contributed by atoms with Gasteiger partial charge in [-0.2, -0.15) is 0 Å². The van der Waals surface area contributed by atoms with E-state index in [1.165, 1.54) is 5.56 Å². The van der Waals surface area contributed by atoms with Crippen molar-refractivity contribution in [1.29, 1.82) is 0 Å². The summed E-state index contributed by atoms with van der Waals surface area (Å²) in [6, 6.07) is 9.69. The van der Waals surface area contributed by atoms with Gasteiger partial charge in [-0.1, -0.05) is 23.8 Å². The lowest BCUT2D eigenvalue weighted by Crippen LogP contribution is -2.07. The minimum absolute atomic E-state index is 0.103. The van der Waals surface area contributed by atoms with Crippen molar-refractivity contribution in [3.8, 4) is 0 Å². The van der Waals surface area contributed by atoms with Crippen LogP contribution in [0.3, 0.4) is 0 Å². The van der Waals surface area contributed by atoms with E-state index in [1.54, 1.807) is 18.3 Å². The normalized spacial score (nSPS) is 10.5. The lowest BCUT2D eigenvalue weighted by atomic mass is 9.98. The zero-order valence-electron chi connectivity index (χ0n) is 11.3. The summed E-state index contributed by atoms with van der Waals surface area (Å²) < 4.78 is 0. The number of carbonyl (C=O) groups is 1. The smallest absolute Gasteiger partial charge is 0.167 e. The Morgan fingerprint density at radius 3 is 2.74 bits per heavy atom. The number of aryl methyl sites for hydroxylation is 2. The van der Waals surface area contributed by atoms with Gasteiger partial charge in [-0.05, 0) is 37.1 Å². The van der Waals surface area contributed by atoms with Crippen LogP contribution < -0.4 is 5.73 Å². The molecule has 0 fully saturated rings. The molecule has 2 N–H and O–H groups in total. The van der Waals surface area contributed by atoms with E-state index >= 15 is 0 Å². The van der Waals surface area contributed by atoms with Crippen molar-refractivity contribution in [1.82, 2.24) is 4.98 Å². The molecule has 0 aliphatic heterocycles. The van der Waals surface area contributed by atoms with Crippen LogP contribution in [0, 0.1) is 13.8 Å². The van der Waals surface area contributed by atoms with Crippen LogP contribution in [0.4, 0.5) is 0 Å². The Bertz CT molecular complexity index is 605. The molecule has 2 rings (SSSR count). The number of benzene rings is 1. The third-order valence-corrected chi connectivity index (χ3v) is 3.20. The first-order valence-electron chi connectivity index (χ1n) is 6.34. The fourth-order valence-corrected chi connectivity index (χ4v) is 2.03. The molecule has 0 bridgehead atoms. The Hall–Kier alpha value is -2.00. The van der Waals surface area contributed by atoms with Crippen LogP contribution in [0.25, 0.3) is 0 Å². The van der Waals surface area contributed by atoms with Gasteiger partial charge >= 0.3 is 0 Å². The molecule has 0 aliphatic carbocycles. The second-order valence-electron chi connectivity index (χ2n) is 4.77. The predicted molar refractivity (Wildman–Crippen MR) is 76.1 cm³/mol. The molecule has 2 aromatic rings. The number of Topliss-reactive ketones (excluding diaryl/α,β-unsaturated/α-hetero) is 1. The van der Waals surface area contributed by atoms with Crippen molar-refractivity contribution in [2.24, 2.45) is 5.73 Å². The number of nitrogens with zero attached hydrogens (tertiary/aromatic N) is 1. The molecular weight excluding hydrogens is 236 g/mol. The van der Waals surface area contributed by atoms with Gasteiger partial charge in [-0.25, -0.2) is 0 Å². The van der Waals surface area contributed by atoms with Gasteiger partial charge in [0.05, 0.1) is 5.69 Å². The van der Waals surface area contributed by atoms with Gasteiger partial charge < -0.3 is 5.73 Å². The fraction of sp³-hybridized carbons (Fsp3) is 0.250. The molecule has 1 heterocycles. The van der Waals surface area contributed by atoms with Crippen molar-refractivity contribution in [2.75, 3.05) is 0 Å². The molecule has 3 nitrogen and oxygen atoms in total. The molecule has 0 atom stereocenters. The summed E-state index contributed by atoms with van der Waals surface area (Å²) in [7, 11) is 0. The van der Waals surface area contributed by atoms with E-state index in [-0.39, 0.29) is 5.78 Å². The maximum Gasteiger partial charge on any atom is 0.167 e. The van der Waals surface area contributed by atoms with Crippen molar-refractivity contribution < 1.29 is 4.79 Å². The monoisotopic (exact) mass is 254 g/mol. The lowest BCUT2D eigenvalue weighted by Gasteiger charge is -2.07. The molecule has 0 amide bonds. The summed E-state index contributed by atoms with van der Waals surface area (Å²) in [5.41, 5.74) is 10.4. The highest BCUT2D eigenvalue weighted by atomic mass is 16.1. The number of rotatable bonds is 4. The average Bonchev–Trinajstić information content (AvgIpc) is 2.43. The second-order valence-corrected chi connectivity index (χ2v) is 4.77. The topological polar surface area (TPSA) is 56.0 Å². The van der Waals surface area contributed by atoms with Crippen molar-refractivity contribution in [3.05, 3.63) is 64.5 Å². The highest BCUT2D eigenvalue weighted by Gasteiger charge is 2.10. The summed E-state index contributed by atoms with van der Waals surface area (Å²) in [6.07, 6.45) is 2.06. The average molecular weight is 254 g/mol. The minimum Gasteiger partial charge on any atom is -0.325 e. The first-order chi connectivity index (χ1) is 9.10. The van der Waals surface area contributed by atoms with Gasteiger partial charge in [0.2, 0.25) is 0 Å². The summed E-state index contributed by atoms with van der Waals surface area (Å²) >= 11 is 0. The molecule has 0 saturated carbocycles. The highest BCUT2D eigenvalue weighted by Crippen LogP contribution is 2.14. The molecule has 1 aromatic carbocycles. The van der Waals surface area contributed by atoms with E-state index in [9.17, 15) is 4.79 Å². The fourth-order valence-electron chi connectivity index (χ4n) is 2.03. The van der Waals surface area contributed by atoms with Crippen molar-refractivity contribution >= 4 is 5.78 Å². The van der Waals surface area contributed by atoms with E-state index in [0.717, 1.165) is 16.8 Å². The van der Waals surface area contributed by atoms with Crippen LogP contribution in [0.1, 0.15) is 32.7 Å². The van der Waals surface area contributed by atoms with Crippen LogP contribution in [0.2, 0.25) is 0 Å². The van der Waals surface area contributed by atoms with Crippen LogP contribution >= 0.6 is 0 Å². The molecular formula is C16H18N2O. The molecule has 19 heavy (non-hydrogen) atoms. The third kappa shape index (κ3) is 3.26. The lowest BCUT2D eigenvalue weighted by molar-refractivity contribution is 0.0992. The molecule has 98 valence electrons. The van der Waals surface area contributed by atoms with E-state index in [0.29, 0.717) is 18.5 Å². The summed E-state index contributed by atoms with van der Waals surface area (Å²) in [4.78, 5) is 16.4. The number of carbonyl (C=O) groups excluding carboxylic acids is 1. The predicted octanol–water partition coefficient (Wildman–Crippen LogP) is 2.58. The number of hydrogen-bond donors (Lipinski definition) is 1. The zero-order valence-corrected chi connectivity index (χ0v) is 11.3. The summed E-state index contributed by atoms with van der Waals surface area (Å²) in [5, 5.41) is 0. The molecule has 0 radical (unpaired) electrons. The Morgan fingerprint density at radius 1 is 1.21 bits per heavy atom. The third-order valence-electron chi connectivity index (χ3n) is 3.20. The second kappa shape index (κ2) is 5.76. The number of ketones is 1. The largest absolute Gasteiger partial charge is 0.325 e. The molecule has 1 aromatic heterocycles. The van der Waals surface area contributed by atoms with Crippen LogP contribution in [0.15, 0.2) is 36.5 Å². The molecule has 3 heteroatoms. The quantitative estimate of drug-likeness (QED) is 0.853. The minimum atomic E-state index is 0.103. The number of pyridine rings is 1. The van der Waals surface area contributed by atoms with Gasteiger partial charge in [0.25, 0.3) is 0 Å². The van der Waals surface area contributed by atoms with Gasteiger partial charge in [-0.3, -0.25) is 9.78 Å². The Labute approximate surface area is 113 Å². The Balaban J connectivity index is 2.22. The molecule has 0 spiro atoms. The first-order valence-corrected chi connectivity index (χ1v) is 6.34. The van der Waals surface area contributed by atoms with Gasteiger partial charge in [0.1, 0.15) is 0 Å². The zero-order chi connectivity index (χ0) is 13.8. The van der Waals surface area contributed by atoms with Gasteiger partial charge in [0.15, 0.2) is 5.78 Å². The number of nitrogens with two attached hydrogens (primary N) is 1. The molecule has 0 unspecified atom stereocenters. The van der Waals surface area contributed by atoms with Gasteiger partial charge in [-0.15, -0.1) is 0 Å². The van der Waals surface area contributed by atoms with E-state index < -0.39 is 0 Å². The van der Waals surface area contributed by atoms with Crippen LogP contribution in [-0.4, -0.2) is 10.8 Å². The molecule has 0 saturated heterocycles. The summed E-state index contributed by atoms with van der Waals surface area (Å²) in [5.74, 6) is 0.103. The maximum absolute atomic E-state index is 12.3. The van der Waals surface area contributed by atoms with E-state index in [1.807, 2.05) is 13.8 Å². The standard InChI is InChI=1S/C16H18N2O/c1-11-3-4-12(2)14(7-11)9-16(19)13-5-6-18-15(8-13)10-17/h3-8H,9-10,17H2,1-2H3. The van der Waals surface area contributed by atoms with Crippen LogP contribution in [0.5, 0.6) is 0 Å². The first kappa shape index (κ1) is 13.4. The van der Waals surface area contributed by atoms with Gasteiger partial charge in [0, 0.05) is 24.7 Å². The van der Waals surface area contributed by atoms with Crippen LogP contribution in [-0.2, 0) is 13.0 Å². The number of hydrogen-bond acceptors (Lipinski definition) is 3. The summed E-state index contributed by atoms with van der Waals surface area (Å²) in [6.45, 7) is 4.41. The van der Waals surface area contributed by atoms with Crippen molar-refractivity contribution in [3.63, 3.8) is 0 Å². The number of aromatic nitrogens is 1. The van der Waals surface area contributed by atoms with Crippen molar-refractivity contribution in [2.45, 2.75) is 26.8 Å². The Morgan fingerprint density at radius 2 is 2.00 bits per heavy atom. The molecule has 0 aliphatic rings. The Kier molecular flexibility index (Phi) is 4.07. The highest BCUT2D eigenvalue weighted by molar-refractivity contribution is 5.97.